The van der Waals surface area contributed by atoms with Gasteiger partial charge in [0.1, 0.15) is 11.6 Å². The molecule has 3 aromatic rings. The van der Waals surface area contributed by atoms with Crippen molar-refractivity contribution in [2.45, 2.75) is 30.2 Å². The lowest BCUT2D eigenvalue weighted by Gasteiger charge is -2.34. The van der Waals surface area contributed by atoms with Crippen molar-refractivity contribution in [3.63, 3.8) is 0 Å². The second-order valence-electron chi connectivity index (χ2n) is 6.35. The molecule has 1 N–H and O–H groups in total. The Hall–Kier alpha value is -2.41. The third-order valence-electron chi connectivity index (χ3n) is 4.61. The van der Waals surface area contributed by atoms with Gasteiger partial charge in [-0.2, -0.15) is 0 Å². The maximum Gasteiger partial charge on any atom is 0.233 e. The number of hydrogen-bond donors (Lipinski definition) is 1. The normalized spacial score (nSPS) is 17.6. The summed E-state index contributed by atoms with van der Waals surface area (Å²) < 4.78 is 13.4. The number of aromatic amines is 1. The van der Waals surface area contributed by atoms with Crippen molar-refractivity contribution in [1.29, 1.82) is 0 Å². The van der Waals surface area contributed by atoms with Crippen molar-refractivity contribution in [2.24, 2.45) is 0 Å². The summed E-state index contributed by atoms with van der Waals surface area (Å²) in [5.41, 5.74) is 1.40. The summed E-state index contributed by atoms with van der Waals surface area (Å²) in [6, 6.07) is 8.24. The quantitative estimate of drug-likeness (QED) is 0.707. The molecule has 1 fully saturated rings. The monoisotopic (exact) mass is 370 g/mol. The standard InChI is InChI=1S/C19H19FN4OS/c20-13-4-5-15-16(11-13)23-19(22-15)17-3-1-2-10-24(17)18(25)12-26-14-6-8-21-9-7-14/h4-9,11,17H,1-3,10,12H2,(H,22,23). The number of amides is 1. The Morgan fingerprint density at radius 1 is 1.27 bits per heavy atom. The Morgan fingerprint density at radius 3 is 2.96 bits per heavy atom. The third-order valence-corrected chi connectivity index (χ3v) is 5.61. The van der Waals surface area contributed by atoms with Gasteiger partial charge in [-0.15, -0.1) is 11.8 Å². The largest absolute Gasteiger partial charge is 0.340 e. The molecule has 26 heavy (non-hydrogen) atoms. The van der Waals surface area contributed by atoms with E-state index in [2.05, 4.69) is 15.0 Å². The number of H-pyrrole nitrogens is 1. The molecule has 1 aliphatic rings. The predicted octanol–water partition coefficient (Wildman–Crippen LogP) is 3.94. The molecular weight excluding hydrogens is 351 g/mol. The van der Waals surface area contributed by atoms with Crippen molar-refractivity contribution >= 4 is 28.7 Å². The zero-order chi connectivity index (χ0) is 17.9. The van der Waals surface area contributed by atoms with Gasteiger partial charge < -0.3 is 9.88 Å². The topological polar surface area (TPSA) is 61.9 Å². The van der Waals surface area contributed by atoms with Crippen LogP contribution in [0.15, 0.2) is 47.6 Å². The van der Waals surface area contributed by atoms with Crippen molar-refractivity contribution in [3.8, 4) is 0 Å². The molecule has 1 aliphatic heterocycles. The SMILES string of the molecule is O=C(CSc1ccncc1)N1CCCCC1c1nc2ccc(F)cc2[nH]1. The Bertz CT molecular complexity index is 914. The number of hydrogen-bond acceptors (Lipinski definition) is 4. The molecule has 3 heterocycles. The number of benzene rings is 1. The Labute approximate surface area is 155 Å². The van der Waals surface area contributed by atoms with Gasteiger partial charge in [-0.05, 0) is 49.6 Å². The molecule has 134 valence electrons. The number of thioether (sulfide) groups is 1. The Kier molecular flexibility index (Phi) is 4.88. The van der Waals surface area contributed by atoms with Crippen LogP contribution in [0.1, 0.15) is 31.1 Å². The van der Waals surface area contributed by atoms with Crippen molar-refractivity contribution in [2.75, 3.05) is 12.3 Å². The van der Waals surface area contributed by atoms with Crippen LogP contribution in [0, 0.1) is 5.82 Å². The smallest absolute Gasteiger partial charge is 0.233 e. The number of piperidine rings is 1. The fraction of sp³-hybridized carbons (Fsp3) is 0.316. The lowest BCUT2D eigenvalue weighted by atomic mass is 10.0. The first-order valence-electron chi connectivity index (χ1n) is 8.68. The number of nitrogens with zero attached hydrogens (tertiary/aromatic N) is 3. The maximum atomic E-state index is 13.4. The van der Waals surface area contributed by atoms with E-state index in [1.807, 2.05) is 17.0 Å². The summed E-state index contributed by atoms with van der Waals surface area (Å²) in [5, 5.41) is 0. The molecule has 5 nitrogen and oxygen atoms in total. The molecule has 4 rings (SSSR count). The molecule has 0 saturated carbocycles. The minimum absolute atomic E-state index is 0.0789. The van der Waals surface area contributed by atoms with Crippen molar-refractivity contribution in [3.05, 3.63) is 54.4 Å². The maximum absolute atomic E-state index is 13.4. The average Bonchev–Trinajstić information content (AvgIpc) is 3.10. The summed E-state index contributed by atoms with van der Waals surface area (Å²) in [7, 11) is 0. The van der Waals surface area contributed by atoms with E-state index < -0.39 is 0 Å². The molecular formula is C19H19FN4OS. The predicted molar refractivity (Wildman–Crippen MR) is 99.3 cm³/mol. The van der Waals surface area contributed by atoms with Crippen LogP contribution in [0.2, 0.25) is 0 Å². The van der Waals surface area contributed by atoms with Crippen molar-refractivity contribution < 1.29 is 9.18 Å². The number of rotatable bonds is 4. The third kappa shape index (κ3) is 3.58. The number of carbonyl (C=O) groups excluding carboxylic acids is 1. The second-order valence-corrected chi connectivity index (χ2v) is 7.40. The Morgan fingerprint density at radius 2 is 2.12 bits per heavy atom. The first-order chi connectivity index (χ1) is 12.7. The molecule has 0 aliphatic carbocycles. The van der Waals surface area contributed by atoms with E-state index in [1.54, 1.807) is 18.5 Å². The summed E-state index contributed by atoms with van der Waals surface area (Å²) >= 11 is 1.51. The van der Waals surface area contributed by atoms with Crippen LogP contribution < -0.4 is 0 Å². The molecule has 7 heteroatoms. The molecule has 1 amide bonds. The number of nitrogens with one attached hydrogen (secondary N) is 1. The zero-order valence-corrected chi connectivity index (χ0v) is 15.0. The first-order valence-corrected chi connectivity index (χ1v) is 9.67. The number of likely N-dealkylation sites (tertiary alicyclic amines) is 1. The molecule has 0 bridgehead atoms. The summed E-state index contributed by atoms with van der Waals surface area (Å²) in [6.45, 7) is 0.728. The van der Waals surface area contributed by atoms with Crippen molar-refractivity contribution in [1.82, 2.24) is 19.9 Å². The summed E-state index contributed by atoms with van der Waals surface area (Å²) in [6.07, 6.45) is 6.37. The van der Waals surface area contributed by atoms with Crippen LogP contribution in [-0.2, 0) is 4.79 Å². The van der Waals surface area contributed by atoms with E-state index in [-0.39, 0.29) is 17.8 Å². The number of imidazole rings is 1. The minimum Gasteiger partial charge on any atom is -0.340 e. The lowest BCUT2D eigenvalue weighted by Crippen LogP contribution is -2.40. The molecule has 1 aromatic carbocycles. The van der Waals surface area contributed by atoms with Gasteiger partial charge >= 0.3 is 0 Å². The molecule has 1 atom stereocenters. The average molecular weight is 370 g/mol. The summed E-state index contributed by atoms with van der Waals surface area (Å²) in [5.74, 6) is 0.934. The lowest BCUT2D eigenvalue weighted by molar-refractivity contribution is -0.132. The highest BCUT2D eigenvalue weighted by Gasteiger charge is 2.30. The number of halogens is 1. The van der Waals surface area contributed by atoms with Gasteiger partial charge in [-0.1, -0.05) is 0 Å². The van der Waals surface area contributed by atoms with E-state index >= 15 is 0 Å². The summed E-state index contributed by atoms with van der Waals surface area (Å²) in [4.78, 5) is 27.5. The van der Waals surface area contributed by atoms with Gasteiger partial charge in [0.25, 0.3) is 0 Å². The van der Waals surface area contributed by atoms with E-state index in [0.717, 1.165) is 42.0 Å². The van der Waals surface area contributed by atoms with Gasteiger partial charge in [0.15, 0.2) is 0 Å². The fourth-order valence-corrected chi connectivity index (χ4v) is 4.11. The van der Waals surface area contributed by atoms with Crippen LogP contribution in [0.25, 0.3) is 11.0 Å². The number of fused-ring (bicyclic) bond motifs is 1. The first kappa shape index (κ1) is 17.0. The van der Waals surface area contributed by atoms with Crippen LogP contribution in [0.3, 0.4) is 0 Å². The van der Waals surface area contributed by atoms with Crippen LogP contribution >= 0.6 is 11.8 Å². The fourth-order valence-electron chi connectivity index (χ4n) is 3.34. The van der Waals surface area contributed by atoms with E-state index in [0.29, 0.717) is 11.3 Å². The highest BCUT2D eigenvalue weighted by atomic mass is 32.2. The van der Waals surface area contributed by atoms with Gasteiger partial charge in [-0.25, -0.2) is 9.37 Å². The van der Waals surface area contributed by atoms with Gasteiger partial charge in [-0.3, -0.25) is 9.78 Å². The zero-order valence-electron chi connectivity index (χ0n) is 14.2. The second kappa shape index (κ2) is 7.45. The van der Waals surface area contributed by atoms with Gasteiger partial charge in [0.2, 0.25) is 5.91 Å². The highest BCUT2D eigenvalue weighted by Crippen LogP contribution is 2.31. The van der Waals surface area contributed by atoms with Crippen LogP contribution in [0.4, 0.5) is 4.39 Å². The molecule has 0 radical (unpaired) electrons. The number of carbonyl (C=O) groups is 1. The van der Waals surface area contributed by atoms with Gasteiger partial charge in [0.05, 0.1) is 22.8 Å². The molecule has 0 spiro atoms. The highest BCUT2D eigenvalue weighted by molar-refractivity contribution is 8.00. The van der Waals surface area contributed by atoms with E-state index in [4.69, 9.17) is 0 Å². The minimum atomic E-state index is -0.293. The number of pyridine rings is 1. The van der Waals surface area contributed by atoms with Crippen LogP contribution in [0.5, 0.6) is 0 Å². The van der Waals surface area contributed by atoms with E-state index in [9.17, 15) is 9.18 Å². The number of aromatic nitrogens is 3. The van der Waals surface area contributed by atoms with Crippen LogP contribution in [-0.4, -0.2) is 38.1 Å². The van der Waals surface area contributed by atoms with Gasteiger partial charge in [0, 0.05) is 23.8 Å². The molecule has 1 saturated heterocycles. The molecule has 2 aromatic heterocycles. The van der Waals surface area contributed by atoms with E-state index in [1.165, 1.54) is 23.9 Å². The Balaban J connectivity index is 1.52. The molecule has 1 unspecified atom stereocenters.